The van der Waals surface area contributed by atoms with Gasteiger partial charge in [-0.2, -0.15) is 0 Å². The van der Waals surface area contributed by atoms with Crippen molar-refractivity contribution in [1.82, 2.24) is 0 Å². The van der Waals surface area contributed by atoms with Crippen LogP contribution in [0.2, 0.25) is 0 Å². The van der Waals surface area contributed by atoms with Crippen molar-refractivity contribution in [2.24, 2.45) is 5.92 Å². The van der Waals surface area contributed by atoms with Crippen molar-refractivity contribution in [2.45, 2.75) is 26.2 Å². The van der Waals surface area contributed by atoms with Gasteiger partial charge in [0.25, 0.3) is 0 Å². The van der Waals surface area contributed by atoms with E-state index in [1.807, 2.05) is 36.4 Å². The van der Waals surface area contributed by atoms with Crippen molar-refractivity contribution in [3.63, 3.8) is 0 Å². The molecule has 0 heterocycles. The molecular weight excluding hydrogens is 280 g/mol. The van der Waals surface area contributed by atoms with Crippen molar-refractivity contribution in [1.29, 1.82) is 0 Å². The Kier molecular flexibility index (Phi) is 4.87. The monoisotopic (exact) mass is 302 g/mol. The third-order valence-corrected chi connectivity index (χ3v) is 4.34. The van der Waals surface area contributed by atoms with Crippen LogP contribution in [0.25, 0.3) is 12.2 Å². The average Bonchev–Trinajstić information content (AvgIpc) is 2.70. The lowest BCUT2D eigenvalue weighted by atomic mass is 9.96. The summed E-state index contributed by atoms with van der Waals surface area (Å²) in [5.41, 5.74) is 4.07. The van der Waals surface area contributed by atoms with Gasteiger partial charge in [0.05, 0.1) is 0 Å². The summed E-state index contributed by atoms with van der Waals surface area (Å²) in [6.45, 7) is 2.23. The first-order valence-corrected chi connectivity index (χ1v) is 8.28. The predicted octanol–water partition coefficient (Wildman–Crippen LogP) is 5.54. The van der Waals surface area contributed by atoms with Gasteiger partial charge >= 0.3 is 0 Å². The first kappa shape index (κ1) is 15.5. The highest BCUT2D eigenvalue weighted by atomic mass is 16.1. The molecule has 0 aliphatic heterocycles. The lowest BCUT2D eigenvalue weighted by molar-refractivity contribution is -0.112. The molecule has 0 radical (unpaired) electrons. The molecule has 1 fully saturated rings. The van der Waals surface area contributed by atoms with Gasteiger partial charge in [-0.15, -0.1) is 0 Å². The molecule has 1 atom stereocenters. The topological polar surface area (TPSA) is 17.1 Å². The SMILES string of the molecule is CC1CCC(=Cc2ccccc2)C(=O)C(=Cc2ccccc2)C1. The standard InChI is InChI=1S/C22H22O/c1-17-12-13-20(15-18-8-4-2-5-9-18)22(23)21(14-17)16-19-10-6-3-7-11-19/h2-11,15-17H,12-14H2,1H3. The van der Waals surface area contributed by atoms with E-state index in [0.29, 0.717) is 5.92 Å². The van der Waals surface area contributed by atoms with E-state index >= 15 is 0 Å². The predicted molar refractivity (Wildman–Crippen MR) is 96.9 cm³/mol. The maximum absolute atomic E-state index is 13.0. The molecule has 1 heteroatoms. The molecule has 1 aliphatic rings. The van der Waals surface area contributed by atoms with Gasteiger partial charge in [-0.25, -0.2) is 0 Å². The van der Waals surface area contributed by atoms with E-state index in [-0.39, 0.29) is 5.78 Å². The van der Waals surface area contributed by atoms with Gasteiger partial charge in [0.2, 0.25) is 0 Å². The molecule has 2 aromatic carbocycles. The number of ketones is 1. The van der Waals surface area contributed by atoms with Gasteiger partial charge in [-0.05, 0) is 48.5 Å². The number of allylic oxidation sites excluding steroid dienone is 2. The summed E-state index contributed by atoms with van der Waals surface area (Å²) in [6.07, 6.45) is 6.90. The second-order valence-electron chi connectivity index (χ2n) is 6.34. The Morgan fingerprint density at radius 2 is 1.35 bits per heavy atom. The minimum Gasteiger partial charge on any atom is -0.289 e. The van der Waals surface area contributed by atoms with E-state index < -0.39 is 0 Å². The number of hydrogen-bond acceptors (Lipinski definition) is 1. The molecule has 0 bridgehead atoms. The maximum atomic E-state index is 13.0. The van der Waals surface area contributed by atoms with Crippen LogP contribution in [0, 0.1) is 5.92 Å². The highest BCUT2D eigenvalue weighted by Crippen LogP contribution is 2.30. The number of rotatable bonds is 2. The minimum absolute atomic E-state index is 0.210. The molecule has 23 heavy (non-hydrogen) atoms. The van der Waals surface area contributed by atoms with E-state index in [4.69, 9.17) is 0 Å². The van der Waals surface area contributed by atoms with E-state index in [2.05, 4.69) is 43.3 Å². The second kappa shape index (κ2) is 7.23. The van der Waals surface area contributed by atoms with Gasteiger partial charge in [0.1, 0.15) is 0 Å². The van der Waals surface area contributed by atoms with Crippen LogP contribution in [0.1, 0.15) is 37.3 Å². The molecule has 1 unspecified atom stereocenters. The number of carbonyl (C=O) groups excluding carboxylic acids is 1. The average molecular weight is 302 g/mol. The van der Waals surface area contributed by atoms with Crippen molar-refractivity contribution in [3.8, 4) is 0 Å². The Morgan fingerprint density at radius 1 is 0.826 bits per heavy atom. The molecule has 0 saturated heterocycles. The Balaban J connectivity index is 1.95. The van der Waals surface area contributed by atoms with Crippen molar-refractivity contribution in [3.05, 3.63) is 82.9 Å². The van der Waals surface area contributed by atoms with Crippen molar-refractivity contribution < 1.29 is 4.79 Å². The molecule has 2 aromatic rings. The summed E-state index contributed by atoms with van der Waals surface area (Å²) in [4.78, 5) is 13.0. The molecule has 0 amide bonds. The first-order valence-electron chi connectivity index (χ1n) is 8.28. The third-order valence-electron chi connectivity index (χ3n) is 4.34. The van der Waals surface area contributed by atoms with Gasteiger partial charge in [-0.1, -0.05) is 67.6 Å². The highest BCUT2D eigenvalue weighted by molar-refractivity contribution is 6.13. The fourth-order valence-electron chi connectivity index (χ4n) is 3.05. The summed E-state index contributed by atoms with van der Waals surface area (Å²) in [5.74, 6) is 0.748. The van der Waals surface area contributed by atoms with E-state index in [9.17, 15) is 4.79 Å². The zero-order chi connectivity index (χ0) is 16.1. The normalized spacial score (nSPS) is 22.3. The molecule has 1 nitrogen and oxygen atoms in total. The van der Waals surface area contributed by atoms with Crippen LogP contribution in [-0.2, 0) is 4.79 Å². The fraction of sp³-hybridized carbons (Fsp3) is 0.227. The van der Waals surface area contributed by atoms with Crippen LogP contribution in [0.3, 0.4) is 0 Å². The van der Waals surface area contributed by atoms with Gasteiger partial charge < -0.3 is 0 Å². The van der Waals surface area contributed by atoms with Crippen LogP contribution in [-0.4, -0.2) is 5.78 Å². The van der Waals surface area contributed by atoms with Gasteiger partial charge in [-0.3, -0.25) is 4.79 Å². The molecule has 1 aliphatic carbocycles. The number of Topliss-reactive ketones (excluding diaryl/α,β-unsaturated/α-hetero) is 1. The Bertz CT molecular complexity index is 723. The molecule has 116 valence electrons. The Morgan fingerprint density at radius 3 is 1.91 bits per heavy atom. The van der Waals surface area contributed by atoms with E-state index in [1.165, 1.54) is 0 Å². The molecule has 3 rings (SSSR count). The summed E-state index contributed by atoms with van der Waals surface area (Å²) < 4.78 is 0. The van der Waals surface area contributed by atoms with E-state index in [1.54, 1.807) is 0 Å². The largest absolute Gasteiger partial charge is 0.289 e. The quantitative estimate of drug-likeness (QED) is 0.525. The Hall–Kier alpha value is -2.41. The summed E-state index contributed by atoms with van der Waals surface area (Å²) in [6, 6.07) is 20.3. The third kappa shape index (κ3) is 4.07. The number of carbonyl (C=O) groups is 1. The number of hydrogen-bond donors (Lipinski definition) is 0. The zero-order valence-corrected chi connectivity index (χ0v) is 13.5. The second-order valence-corrected chi connectivity index (χ2v) is 6.34. The zero-order valence-electron chi connectivity index (χ0n) is 13.5. The lowest BCUT2D eigenvalue weighted by Gasteiger charge is -2.07. The molecular formula is C22H22O. The molecule has 0 aromatic heterocycles. The van der Waals surface area contributed by atoms with Gasteiger partial charge in [0, 0.05) is 11.1 Å². The maximum Gasteiger partial charge on any atom is 0.185 e. The summed E-state index contributed by atoms with van der Waals surface area (Å²) >= 11 is 0. The van der Waals surface area contributed by atoms with Gasteiger partial charge in [0.15, 0.2) is 5.78 Å². The first-order chi connectivity index (χ1) is 11.2. The van der Waals surface area contributed by atoms with Crippen LogP contribution in [0.5, 0.6) is 0 Å². The number of benzene rings is 2. The van der Waals surface area contributed by atoms with Crippen LogP contribution in [0.4, 0.5) is 0 Å². The summed E-state index contributed by atoms with van der Waals surface area (Å²) in [5, 5.41) is 0. The highest BCUT2D eigenvalue weighted by Gasteiger charge is 2.22. The van der Waals surface area contributed by atoms with Crippen molar-refractivity contribution in [2.75, 3.05) is 0 Å². The van der Waals surface area contributed by atoms with Crippen LogP contribution in [0.15, 0.2) is 71.8 Å². The summed E-state index contributed by atoms with van der Waals surface area (Å²) in [7, 11) is 0. The molecule has 0 spiro atoms. The molecule has 1 saturated carbocycles. The Labute approximate surface area is 138 Å². The fourth-order valence-corrected chi connectivity index (χ4v) is 3.05. The van der Waals surface area contributed by atoms with E-state index in [0.717, 1.165) is 41.5 Å². The smallest absolute Gasteiger partial charge is 0.185 e. The lowest BCUT2D eigenvalue weighted by Crippen LogP contribution is -2.04. The van der Waals surface area contributed by atoms with Crippen LogP contribution >= 0.6 is 0 Å². The van der Waals surface area contributed by atoms with Crippen LogP contribution < -0.4 is 0 Å². The molecule has 0 N–H and O–H groups in total. The van der Waals surface area contributed by atoms with Crippen molar-refractivity contribution >= 4 is 17.9 Å². The minimum atomic E-state index is 0.210.